The van der Waals surface area contributed by atoms with Crippen molar-refractivity contribution in [2.45, 2.75) is 26.2 Å². The molecular weight excluding hydrogens is 318 g/mol. The number of nitrogens with one attached hydrogen (secondary N) is 1. The van der Waals surface area contributed by atoms with Gasteiger partial charge in [-0.15, -0.1) is 0 Å². The zero-order valence-corrected chi connectivity index (χ0v) is 13.1. The van der Waals surface area contributed by atoms with E-state index in [0.29, 0.717) is 11.8 Å². The molecule has 1 fully saturated rings. The summed E-state index contributed by atoms with van der Waals surface area (Å²) in [7, 11) is 0. The Bertz CT molecular complexity index is 591. The molecule has 0 saturated carbocycles. The van der Waals surface area contributed by atoms with Crippen LogP contribution in [0.4, 0.5) is 0 Å². The molecule has 0 amide bonds. The van der Waals surface area contributed by atoms with Crippen LogP contribution in [0.2, 0.25) is 0 Å². The number of piperidine rings is 1. The number of hydrogen-bond donors (Lipinski definition) is 1. The van der Waals surface area contributed by atoms with Crippen LogP contribution in [0.25, 0.3) is 11.5 Å². The molecule has 1 N–H and O–H groups in total. The molecule has 20 heavy (non-hydrogen) atoms. The van der Waals surface area contributed by atoms with Gasteiger partial charge in [0.25, 0.3) is 5.89 Å². The molecule has 2 heterocycles. The van der Waals surface area contributed by atoms with Crippen molar-refractivity contribution in [1.82, 2.24) is 15.5 Å². The number of benzene rings is 1. The third-order valence-corrected chi connectivity index (χ3v) is 4.70. The fraction of sp³-hybridized carbons (Fsp3) is 0.467. The van der Waals surface area contributed by atoms with Gasteiger partial charge in [0.1, 0.15) is 0 Å². The second kappa shape index (κ2) is 6.06. The molecule has 1 aliphatic heterocycles. The van der Waals surface area contributed by atoms with Crippen LogP contribution in [0.15, 0.2) is 27.2 Å². The molecule has 0 aliphatic carbocycles. The van der Waals surface area contributed by atoms with Crippen molar-refractivity contribution in [3.8, 4) is 11.5 Å². The Morgan fingerprint density at radius 2 is 2.35 bits per heavy atom. The highest BCUT2D eigenvalue weighted by molar-refractivity contribution is 9.10. The molecule has 1 saturated heterocycles. The Balaban J connectivity index is 1.77. The summed E-state index contributed by atoms with van der Waals surface area (Å²) in [5.74, 6) is 2.05. The first kappa shape index (κ1) is 13.8. The SMILES string of the molecule is Cc1c(Br)cccc1-c1nc(CC2CCCNC2)no1. The molecule has 3 rings (SSSR count). The van der Waals surface area contributed by atoms with Crippen LogP contribution in [0.1, 0.15) is 24.2 Å². The van der Waals surface area contributed by atoms with Crippen LogP contribution < -0.4 is 5.32 Å². The topological polar surface area (TPSA) is 51.0 Å². The van der Waals surface area contributed by atoms with Crippen molar-refractivity contribution >= 4 is 15.9 Å². The number of rotatable bonds is 3. The highest BCUT2D eigenvalue weighted by Gasteiger charge is 2.18. The zero-order valence-electron chi connectivity index (χ0n) is 11.5. The minimum absolute atomic E-state index is 0.613. The van der Waals surface area contributed by atoms with E-state index in [1.807, 2.05) is 25.1 Å². The third-order valence-electron chi connectivity index (χ3n) is 3.84. The molecule has 1 aromatic heterocycles. The van der Waals surface area contributed by atoms with Crippen molar-refractivity contribution in [3.63, 3.8) is 0 Å². The number of aromatic nitrogens is 2. The molecule has 0 spiro atoms. The average Bonchev–Trinajstić information content (AvgIpc) is 2.91. The van der Waals surface area contributed by atoms with Gasteiger partial charge in [0.15, 0.2) is 5.82 Å². The molecule has 0 radical (unpaired) electrons. The van der Waals surface area contributed by atoms with Crippen LogP contribution in [0.3, 0.4) is 0 Å². The van der Waals surface area contributed by atoms with Gasteiger partial charge in [-0.2, -0.15) is 4.98 Å². The standard InChI is InChI=1S/C15H18BrN3O/c1-10-12(5-2-6-13(10)16)15-18-14(19-20-15)8-11-4-3-7-17-9-11/h2,5-6,11,17H,3-4,7-9H2,1H3. The Kier molecular flexibility index (Phi) is 4.17. The number of nitrogens with zero attached hydrogens (tertiary/aromatic N) is 2. The molecule has 1 unspecified atom stereocenters. The Hall–Kier alpha value is -1.20. The molecule has 2 aromatic rings. The second-order valence-electron chi connectivity index (χ2n) is 5.34. The van der Waals surface area contributed by atoms with Gasteiger partial charge in [0.05, 0.1) is 0 Å². The van der Waals surface area contributed by atoms with Crippen LogP contribution in [-0.2, 0) is 6.42 Å². The van der Waals surface area contributed by atoms with E-state index in [1.54, 1.807) is 0 Å². The first-order valence-electron chi connectivity index (χ1n) is 7.03. The fourth-order valence-electron chi connectivity index (χ4n) is 2.64. The van der Waals surface area contributed by atoms with E-state index in [-0.39, 0.29) is 0 Å². The van der Waals surface area contributed by atoms with Gasteiger partial charge in [-0.1, -0.05) is 27.2 Å². The highest BCUT2D eigenvalue weighted by Crippen LogP contribution is 2.27. The van der Waals surface area contributed by atoms with E-state index in [2.05, 4.69) is 31.4 Å². The molecule has 1 aromatic carbocycles. The second-order valence-corrected chi connectivity index (χ2v) is 6.20. The summed E-state index contributed by atoms with van der Waals surface area (Å²) in [4.78, 5) is 4.55. The van der Waals surface area contributed by atoms with Crippen LogP contribution in [0, 0.1) is 12.8 Å². The number of halogens is 1. The van der Waals surface area contributed by atoms with Gasteiger partial charge in [-0.3, -0.25) is 0 Å². The quantitative estimate of drug-likeness (QED) is 0.934. The van der Waals surface area contributed by atoms with Gasteiger partial charge in [0, 0.05) is 16.5 Å². The minimum atomic E-state index is 0.613. The average molecular weight is 336 g/mol. The smallest absolute Gasteiger partial charge is 0.258 e. The van der Waals surface area contributed by atoms with Gasteiger partial charge < -0.3 is 9.84 Å². The molecule has 106 valence electrons. The maximum Gasteiger partial charge on any atom is 0.258 e. The molecule has 0 bridgehead atoms. The predicted molar refractivity (Wildman–Crippen MR) is 81.5 cm³/mol. The summed E-state index contributed by atoms with van der Waals surface area (Å²) in [5, 5.41) is 7.55. The van der Waals surface area contributed by atoms with Crippen molar-refractivity contribution in [1.29, 1.82) is 0 Å². The highest BCUT2D eigenvalue weighted by atomic mass is 79.9. The summed E-state index contributed by atoms with van der Waals surface area (Å²) >= 11 is 3.53. The van der Waals surface area contributed by atoms with Crippen LogP contribution in [-0.4, -0.2) is 23.2 Å². The van der Waals surface area contributed by atoms with Crippen molar-refractivity contribution in [2.24, 2.45) is 5.92 Å². The lowest BCUT2D eigenvalue weighted by atomic mass is 9.96. The van der Waals surface area contributed by atoms with Gasteiger partial charge in [0.2, 0.25) is 0 Å². The fourth-order valence-corrected chi connectivity index (χ4v) is 3.01. The van der Waals surface area contributed by atoms with Gasteiger partial charge in [-0.25, -0.2) is 0 Å². The lowest BCUT2D eigenvalue weighted by Crippen LogP contribution is -2.31. The third kappa shape index (κ3) is 2.94. The van der Waals surface area contributed by atoms with E-state index in [0.717, 1.165) is 40.9 Å². The van der Waals surface area contributed by atoms with Gasteiger partial charge >= 0.3 is 0 Å². The lowest BCUT2D eigenvalue weighted by Gasteiger charge is -2.20. The first-order valence-corrected chi connectivity index (χ1v) is 7.82. The van der Waals surface area contributed by atoms with E-state index < -0.39 is 0 Å². The van der Waals surface area contributed by atoms with Crippen molar-refractivity contribution in [3.05, 3.63) is 34.1 Å². The Morgan fingerprint density at radius 3 is 3.15 bits per heavy atom. The Morgan fingerprint density at radius 1 is 1.45 bits per heavy atom. The minimum Gasteiger partial charge on any atom is -0.334 e. The van der Waals surface area contributed by atoms with E-state index in [4.69, 9.17) is 4.52 Å². The van der Waals surface area contributed by atoms with E-state index in [9.17, 15) is 0 Å². The summed E-state index contributed by atoms with van der Waals surface area (Å²) in [6, 6.07) is 6.02. The summed E-state index contributed by atoms with van der Waals surface area (Å²) in [6.07, 6.45) is 3.37. The monoisotopic (exact) mass is 335 g/mol. The predicted octanol–water partition coefficient (Wildman–Crippen LogP) is 3.35. The first-order chi connectivity index (χ1) is 9.74. The summed E-state index contributed by atoms with van der Waals surface area (Å²) in [6.45, 7) is 4.24. The van der Waals surface area contributed by atoms with Crippen LogP contribution in [0.5, 0.6) is 0 Å². The van der Waals surface area contributed by atoms with Crippen molar-refractivity contribution in [2.75, 3.05) is 13.1 Å². The van der Waals surface area contributed by atoms with Crippen LogP contribution >= 0.6 is 15.9 Å². The van der Waals surface area contributed by atoms with Crippen molar-refractivity contribution < 1.29 is 4.52 Å². The molecular formula is C15H18BrN3O. The van der Waals surface area contributed by atoms with E-state index >= 15 is 0 Å². The molecule has 5 heteroatoms. The molecule has 4 nitrogen and oxygen atoms in total. The Labute approximate surface area is 127 Å². The lowest BCUT2D eigenvalue weighted by molar-refractivity contribution is 0.360. The largest absolute Gasteiger partial charge is 0.334 e. The molecule has 1 atom stereocenters. The molecule has 1 aliphatic rings. The summed E-state index contributed by atoms with van der Waals surface area (Å²) < 4.78 is 6.49. The maximum atomic E-state index is 5.43. The van der Waals surface area contributed by atoms with E-state index in [1.165, 1.54) is 12.8 Å². The maximum absolute atomic E-state index is 5.43. The van der Waals surface area contributed by atoms with Gasteiger partial charge in [-0.05, 0) is 56.5 Å². The number of hydrogen-bond acceptors (Lipinski definition) is 4. The summed E-state index contributed by atoms with van der Waals surface area (Å²) in [5.41, 5.74) is 2.13. The normalized spacial score (nSPS) is 19.2. The zero-order chi connectivity index (χ0) is 13.9.